The van der Waals surface area contributed by atoms with E-state index in [-0.39, 0.29) is 11.8 Å². The molecule has 0 bridgehead atoms. The Morgan fingerprint density at radius 1 is 0.944 bits per heavy atom. The van der Waals surface area contributed by atoms with Crippen LogP contribution in [0.3, 0.4) is 0 Å². The van der Waals surface area contributed by atoms with E-state index in [9.17, 15) is 9.59 Å². The molecule has 3 aromatic carbocycles. The predicted octanol–water partition coefficient (Wildman–Crippen LogP) is 6.13. The second kappa shape index (κ2) is 12.7. The van der Waals surface area contributed by atoms with E-state index in [1.54, 1.807) is 18.2 Å². The average molecular weight is 517 g/mol. The van der Waals surface area contributed by atoms with Gasteiger partial charge in [0, 0.05) is 23.1 Å². The number of hydrogen-bond donors (Lipinski definition) is 2. The highest BCUT2D eigenvalue weighted by Crippen LogP contribution is 2.28. The van der Waals surface area contributed by atoms with Gasteiger partial charge in [-0.25, -0.2) is 0 Å². The first-order valence-electron chi connectivity index (χ1n) is 11.2. The summed E-state index contributed by atoms with van der Waals surface area (Å²) in [5.41, 5.74) is 3.27. The number of aromatic nitrogens is 2. The van der Waals surface area contributed by atoms with Gasteiger partial charge in [0.15, 0.2) is 4.34 Å². The standard InChI is InChI=1S/C27H24N4O3S2/c1-2-34-23-15-13-22(14-16-23)28-25(33)21-11-8-20(9-12-21)18-35-27-31-30-26(36-27)29-24(32)17-10-19-6-4-3-5-7-19/h3-17H,2,18H2,1H3,(H,28,33)(H,29,30,32)/b17-10+. The fourth-order valence-corrected chi connectivity index (χ4v) is 4.81. The van der Waals surface area contributed by atoms with Gasteiger partial charge in [-0.1, -0.05) is 65.6 Å². The summed E-state index contributed by atoms with van der Waals surface area (Å²) in [6.07, 6.45) is 3.21. The average Bonchev–Trinajstić information content (AvgIpc) is 3.35. The molecule has 7 nitrogen and oxygen atoms in total. The van der Waals surface area contributed by atoms with Gasteiger partial charge in [0.25, 0.3) is 5.91 Å². The zero-order valence-corrected chi connectivity index (χ0v) is 21.1. The van der Waals surface area contributed by atoms with Crippen molar-refractivity contribution in [1.82, 2.24) is 10.2 Å². The van der Waals surface area contributed by atoms with Crippen LogP contribution in [0.4, 0.5) is 10.8 Å². The number of hydrogen-bond acceptors (Lipinski definition) is 7. The Kier molecular flexibility index (Phi) is 8.85. The first-order chi connectivity index (χ1) is 17.6. The normalized spacial score (nSPS) is 10.8. The Balaban J connectivity index is 1.25. The number of benzene rings is 3. The van der Waals surface area contributed by atoms with E-state index >= 15 is 0 Å². The summed E-state index contributed by atoms with van der Waals surface area (Å²) in [4.78, 5) is 24.6. The van der Waals surface area contributed by atoms with Crippen molar-refractivity contribution in [3.8, 4) is 5.75 Å². The molecule has 1 aromatic heterocycles. The van der Waals surface area contributed by atoms with E-state index < -0.39 is 0 Å². The SMILES string of the molecule is CCOc1ccc(NC(=O)c2ccc(CSc3nnc(NC(=O)/C=C/c4ccccc4)s3)cc2)cc1. The van der Waals surface area contributed by atoms with E-state index in [4.69, 9.17) is 4.74 Å². The lowest BCUT2D eigenvalue weighted by molar-refractivity contribution is -0.111. The second-order valence-electron chi connectivity index (χ2n) is 7.50. The fraction of sp³-hybridized carbons (Fsp3) is 0.111. The minimum Gasteiger partial charge on any atom is -0.494 e. The topological polar surface area (TPSA) is 93.2 Å². The van der Waals surface area contributed by atoms with Gasteiger partial charge in [-0.3, -0.25) is 14.9 Å². The van der Waals surface area contributed by atoms with Crippen molar-refractivity contribution in [1.29, 1.82) is 0 Å². The maximum Gasteiger partial charge on any atom is 0.255 e. The summed E-state index contributed by atoms with van der Waals surface area (Å²) in [5.74, 6) is 0.995. The number of ether oxygens (including phenoxy) is 1. The number of rotatable bonds is 10. The van der Waals surface area contributed by atoms with Gasteiger partial charge in [0.1, 0.15) is 5.75 Å². The minimum atomic E-state index is -0.259. The minimum absolute atomic E-state index is 0.177. The highest BCUT2D eigenvalue weighted by atomic mass is 32.2. The number of nitrogens with zero attached hydrogens (tertiary/aromatic N) is 2. The molecule has 4 aromatic rings. The highest BCUT2D eigenvalue weighted by molar-refractivity contribution is 8.00. The van der Waals surface area contributed by atoms with Crippen LogP contribution in [0.15, 0.2) is 89.3 Å². The number of nitrogens with one attached hydrogen (secondary N) is 2. The van der Waals surface area contributed by atoms with Crippen LogP contribution < -0.4 is 15.4 Å². The van der Waals surface area contributed by atoms with E-state index in [2.05, 4.69) is 20.8 Å². The zero-order valence-electron chi connectivity index (χ0n) is 19.5. The molecule has 9 heteroatoms. The number of carbonyl (C=O) groups is 2. The zero-order chi connectivity index (χ0) is 25.2. The molecule has 0 spiro atoms. The Morgan fingerprint density at radius 3 is 2.42 bits per heavy atom. The summed E-state index contributed by atoms with van der Waals surface area (Å²) in [7, 11) is 0. The van der Waals surface area contributed by atoms with Crippen molar-refractivity contribution < 1.29 is 14.3 Å². The monoisotopic (exact) mass is 516 g/mol. The third-order valence-corrected chi connectivity index (χ3v) is 6.91. The van der Waals surface area contributed by atoms with Crippen LogP contribution in [0.2, 0.25) is 0 Å². The molecule has 4 rings (SSSR count). The second-order valence-corrected chi connectivity index (χ2v) is 9.70. The quantitative estimate of drug-likeness (QED) is 0.150. The van der Waals surface area contributed by atoms with E-state index in [1.807, 2.05) is 73.7 Å². The van der Waals surface area contributed by atoms with Gasteiger partial charge in [0.2, 0.25) is 11.0 Å². The van der Waals surface area contributed by atoms with Crippen molar-refractivity contribution in [2.45, 2.75) is 17.0 Å². The number of amides is 2. The molecule has 0 aliphatic heterocycles. The summed E-state index contributed by atoms with van der Waals surface area (Å²) >= 11 is 2.83. The van der Waals surface area contributed by atoms with Crippen LogP contribution in [0.1, 0.15) is 28.4 Å². The molecular formula is C27H24N4O3S2. The molecule has 1 heterocycles. The third-order valence-electron chi connectivity index (χ3n) is 4.86. The van der Waals surface area contributed by atoms with Crippen LogP contribution in [-0.2, 0) is 10.5 Å². The van der Waals surface area contributed by atoms with Crippen LogP contribution >= 0.6 is 23.1 Å². The van der Waals surface area contributed by atoms with Crippen LogP contribution in [0, 0.1) is 0 Å². The maximum atomic E-state index is 12.5. The third kappa shape index (κ3) is 7.53. The van der Waals surface area contributed by atoms with E-state index in [1.165, 1.54) is 29.2 Å². The molecule has 0 saturated carbocycles. The largest absolute Gasteiger partial charge is 0.494 e. The Bertz CT molecular complexity index is 1320. The molecule has 2 N–H and O–H groups in total. The molecule has 36 heavy (non-hydrogen) atoms. The first kappa shape index (κ1) is 25.2. The lowest BCUT2D eigenvalue weighted by atomic mass is 10.1. The molecule has 0 aliphatic carbocycles. The van der Waals surface area contributed by atoms with Crippen molar-refractivity contribution in [3.05, 3.63) is 102 Å². The van der Waals surface area contributed by atoms with Crippen LogP contribution in [-0.4, -0.2) is 28.6 Å². The molecule has 0 aliphatic rings. The molecule has 0 radical (unpaired) electrons. The van der Waals surface area contributed by atoms with E-state index in [0.717, 1.165) is 21.2 Å². The molecule has 2 amide bonds. The lowest BCUT2D eigenvalue weighted by Gasteiger charge is -2.08. The van der Waals surface area contributed by atoms with Gasteiger partial charge in [-0.05, 0) is 60.5 Å². The maximum absolute atomic E-state index is 12.5. The van der Waals surface area contributed by atoms with E-state index in [0.29, 0.717) is 28.7 Å². The van der Waals surface area contributed by atoms with Crippen molar-refractivity contribution in [3.63, 3.8) is 0 Å². The molecule has 0 unspecified atom stereocenters. The summed E-state index contributed by atoms with van der Waals surface area (Å²) in [6.45, 7) is 2.52. The first-order valence-corrected chi connectivity index (χ1v) is 13.0. The smallest absolute Gasteiger partial charge is 0.255 e. The van der Waals surface area contributed by atoms with Crippen molar-refractivity contribution in [2.24, 2.45) is 0 Å². The van der Waals surface area contributed by atoms with Gasteiger partial charge in [-0.15, -0.1) is 10.2 Å². The van der Waals surface area contributed by atoms with Crippen LogP contribution in [0.25, 0.3) is 6.08 Å². The summed E-state index contributed by atoms with van der Waals surface area (Å²) in [5, 5.41) is 14.2. The summed E-state index contributed by atoms with van der Waals surface area (Å²) in [6, 6.07) is 24.3. The Labute approximate surface area is 217 Å². The highest BCUT2D eigenvalue weighted by Gasteiger charge is 2.09. The Morgan fingerprint density at radius 2 is 1.69 bits per heavy atom. The van der Waals surface area contributed by atoms with Crippen molar-refractivity contribution in [2.75, 3.05) is 17.2 Å². The van der Waals surface area contributed by atoms with Crippen LogP contribution in [0.5, 0.6) is 5.75 Å². The molecule has 0 atom stereocenters. The lowest BCUT2D eigenvalue weighted by Crippen LogP contribution is -2.11. The van der Waals surface area contributed by atoms with Gasteiger partial charge < -0.3 is 10.1 Å². The molecule has 182 valence electrons. The number of anilines is 2. The van der Waals surface area contributed by atoms with Crippen molar-refractivity contribution >= 4 is 51.8 Å². The molecular weight excluding hydrogens is 492 g/mol. The summed E-state index contributed by atoms with van der Waals surface area (Å²) < 4.78 is 6.16. The molecule has 0 saturated heterocycles. The number of carbonyl (C=O) groups excluding carboxylic acids is 2. The number of thioether (sulfide) groups is 1. The fourth-order valence-electron chi connectivity index (χ4n) is 3.10. The van der Waals surface area contributed by atoms with Gasteiger partial charge in [0.05, 0.1) is 6.61 Å². The van der Waals surface area contributed by atoms with Gasteiger partial charge in [-0.2, -0.15) is 0 Å². The molecule has 0 fully saturated rings. The Hall–Kier alpha value is -3.95. The van der Waals surface area contributed by atoms with Gasteiger partial charge >= 0.3 is 0 Å². The predicted molar refractivity (Wildman–Crippen MR) is 146 cm³/mol.